The van der Waals surface area contributed by atoms with E-state index < -0.39 is 28.5 Å². The minimum Gasteiger partial charge on any atom is -0.497 e. The minimum atomic E-state index is -4.30. The van der Waals surface area contributed by atoms with E-state index in [0.29, 0.717) is 5.75 Å². The van der Waals surface area contributed by atoms with Gasteiger partial charge in [-0.25, -0.2) is 8.42 Å². The molecule has 1 aliphatic rings. The maximum Gasteiger partial charge on any atom is 0.264 e. The lowest BCUT2D eigenvalue weighted by atomic mass is 10.0. The fourth-order valence-electron chi connectivity index (χ4n) is 6.04. The first-order valence-corrected chi connectivity index (χ1v) is 17.6. The fraction of sp³-hybridized carbons (Fsp3) is 0.316. The van der Waals surface area contributed by atoms with E-state index in [-0.39, 0.29) is 41.2 Å². The molecule has 0 heterocycles. The van der Waals surface area contributed by atoms with Gasteiger partial charge in [-0.3, -0.25) is 13.9 Å². The Morgan fingerprint density at radius 2 is 1.46 bits per heavy atom. The van der Waals surface area contributed by atoms with Crippen LogP contribution in [0.3, 0.4) is 0 Å². The smallest absolute Gasteiger partial charge is 0.264 e. The standard InChI is InChI=1S/C38H43N3O6S/c1-28-18-21-33(22-19-28)48(44,45)41(34-25-32(46-2)20-23-36(34)47-3)27-37(42)40(26-30-14-8-5-9-15-30)35(24-29-12-6-4-7-13-29)38(43)39-31-16-10-11-17-31/h4-9,12-15,18-23,25,31,35H,10-11,16-17,24,26-27H2,1-3H3,(H,39,43). The van der Waals surface area contributed by atoms with Crippen molar-refractivity contribution < 1.29 is 27.5 Å². The van der Waals surface area contributed by atoms with E-state index in [1.165, 1.54) is 37.3 Å². The fourth-order valence-corrected chi connectivity index (χ4v) is 7.46. The van der Waals surface area contributed by atoms with Crippen LogP contribution in [0.25, 0.3) is 0 Å². The lowest BCUT2D eigenvalue weighted by Crippen LogP contribution is -2.54. The lowest BCUT2D eigenvalue weighted by Gasteiger charge is -2.34. The number of rotatable bonds is 14. The molecule has 0 bridgehead atoms. The van der Waals surface area contributed by atoms with E-state index in [1.807, 2.05) is 67.6 Å². The molecule has 4 aromatic rings. The molecule has 0 saturated heterocycles. The second kappa shape index (κ2) is 15.8. The molecule has 1 atom stereocenters. The normalized spacial score (nSPS) is 13.8. The number of sulfonamides is 1. The van der Waals surface area contributed by atoms with Crippen molar-refractivity contribution >= 4 is 27.5 Å². The van der Waals surface area contributed by atoms with Crippen molar-refractivity contribution in [2.45, 2.75) is 62.6 Å². The van der Waals surface area contributed by atoms with Crippen LogP contribution >= 0.6 is 0 Å². The average Bonchev–Trinajstić information content (AvgIpc) is 3.62. The van der Waals surface area contributed by atoms with Crippen molar-refractivity contribution in [3.8, 4) is 11.5 Å². The molecule has 2 amide bonds. The molecule has 1 fully saturated rings. The van der Waals surface area contributed by atoms with Gasteiger partial charge in [0.15, 0.2) is 0 Å². The average molecular weight is 670 g/mol. The Morgan fingerprint density at radius 1 is 0.833 bits per heavy atom. The second-order valence-corrected chi connectivity index (χ2v) is 13.9. The molecule has 1 unspecified atom stereocenters. The number of benzene rings is 4. The Hall–Kier alpha value is -4.83. The molecule has 0 spiro atoms. The summed E-state index contributed by atoms with van der Waals surface area (Å²) >= 11 is 0. The summed E-state index contributed by atoms with van der Waals surface area (Å²) in [7, 11) is -1.38. The highest BCUT2D eigenvalue weighted by molar-refractivity contribution is 7.92. The zero-order chi connectivity index (χ0) is 34.1. The van der Waals surface area contributed by atoms with E-state index >= 15 is 0 Å². The predicted molar refractivity (Wildman–Crippen MR) is 187 cm³/mol. The number of ether oxygens (including phenoxy) is 2. The maximum absolute atomic E-state index is 14.8. The number of nitrogens with one attached hydrogen (secondary N) is 1. The largest absolute Gasteiger partial charge is 0.497 e. The van der Waals surface area contributed by atoms with Gasteiger partial charge in [-0.1, -0.05) is 91.2 Å². The minimum absolute atomic E-state index is 0.0141. The van der Waals surface area contributed by atoms with Gasteiger partial charge in [0, 0.05) is 25.1 Å². The van der Waals surface area contributed by atoms with Crippen molar-refractivity contribution in [1.29, 1.82) is 0 Å². The zero-order valence-corrected chi connectivity index (χ0v) is 28.5. The van der Waals surface area contributed by atoms with Crippen LogP contribution in [-0.2, 0) is 32.6 Å². The molecule has 10 heteroatoms. The van der Waals surface area contributed by atoms with Gasteiger partial charge in [-0.15, -0.1) is 0 Å². The van der Waals surface area contributed by atoms with Gasteiger partial charge >= 0.3 is 0 Å². The number of anilines is 1. The highest BCUT2D eigenvalue weighted by atomic mass is 32.2. The highest BCUT2D eigenvalue weighted by Crippen LogP contribution is 2.36. The third-order valence-electron chi connectivity index (χ3n) is 8.71. The summed E-state index contributed by atoms with van der Waals surface area (Å²) in [5, 5.41) is 3.20. The van der Waals surface area contributed by atoms with Gasteiger partial charge in [0.2, 0.25) is 11.8 Å². The second-order valence-electron chi connectivity index (χ2n) is 12.1. The SMILES string of the molecule is COc1ccc(OC)c(N(CC(=O)N(Cc2ccccc2)C(Cc2ccccc2)C(=O)NC2CCCC2)S(=O)(=O)c2ccc(C)cc2)c1. The molecule has 0 radical (unpaired) electrons. The van der Waals surface area contributed by atoms with Crippen LogP contribution in [0.15, 0.2) is 108 Å². The monoisotopic (exact) mass is 669 g/mol. The molecule has 1 N–H and O–H groups in total. The number of methoxy groups -OCH3 is 2. The summed E-state index contributed by atoms with van der Waals surface area (Å²) in [6, 6.07) is 29.3. The van der Waals surface area contributed by atoms with Gasteiger partial charge in [0.05, 0.1) is 24.8 Å². The number of carbonyl (C=O) groups is 2. The molecule has 0 aliphatic heterocycles. The highest BCUT2D eigenvalue weighted by Gasteiger charge is 2.36. The van der Waals surface area contributed by atoms with Gasteiger partial charge in [-0.05, 0) is 55.2 Å². The first kappa shape index (κ1) is 34.5. The number of amides is 2. The molecule has 1 saturated carbocycles. The van der Waals surface area contributed by atoms with Crippen LogP contribution < -0.4 is 19.1 Å². The molecular formula is C38H43N3O6S. The Bertz CT molecular complexity index is 1780. The van der Waals surface area contributed by atoms with Crippen molar-refractivity contribution in [3.05, 3.63) is 120 Å². The number of aryl methyl sites for hydroxylation is 1. The molecule has 1 aliphatic carbocycles. The van der Waals surface area contributed by atoms with Crippen molar-refractivity contribution in [2.75, 3.05) is 25.1 Å². The van der Waals surface area contributed by atoms with Crippen LogP contribution in [-0.4, -0.2) is 58.0 Å². The van der Waals surface area contributed by atoms with Crippen LogP contribution in [0.4, 0.5) is 5.69 Å². The lowest BCUT2D eigenvalue weighted by molar-refractivity contribution is -0.140. The van der Waals surface area contributed by atoms with E-state index in [9.17, 15) is 18.0 Å². The van der Waals surface area contributed by atoms with Crippen LogP contribution in [0.5, 0.6) is 11.5 Å². The van der Waals surface area contributed by atoms with Crippen molar-refractivity contribution in [3.63, 3.8) is 0 Å². The Labute approximate surface area is 283 Å². The summed E-state index contributed by atoms with van der Waals surface area (Å²) < 4.78 is 41.0. The number of carbonyl (C=O) groups excluding carboxylic acids is 2. The summed E-state index contributed by atoms with van der Waals surface area (Å²) in [5.74, 6) is -0.168. The van der Waals surface area contributed by atoms with Crippen LogP contribution in [0.1, 0.15) is 42.4 Å². The topological polar surface area (TPSA) is 105 Å². The number of nitrogens with zero attached hydrogens (tertiary/aromatic N) is 2. The predicted octanol–water partition coefficient (Wildman–Crippen LogP) is 5.91. The molecule has 252 valence electrons. The van der Waals surface area contributed by atoms with Crippen molar-refractivity contribution in [2.24, 2.45) is 0 Å². The summed E-state index contributed by atoms with van der Waals surface area (Å²) in [5.41, 5.74) is 2.72. The molecule has 4 aromatic carbocycles. The summed E-state index contributed by atoms with van der Waals surface area (Å²) in [6.45, 7) is 1.38. The number of hydrogen-bond donors (Lipinski definition) is 1. The van der Waals surface area contributed by atoms with E-state index in [0.717, 1.165) is 46.7 Å². The summed E-state index contributed by atoms with van der Waals surface area (Å²) in [6.07, 6.45) is 4.10. The molecule has 48 heavy (non-hydrogen) atoms. The molecule has 0 aromatic heterocycles. The van der Waals surface area contributed by atoms with E-state index in [2.05, 4.69) is 5.32 Å². The van der Waals surface area contributed by atoms with E-state index in [4.69, 9.17) is 9.47 Å². The van der Waals surface area contributed by atoms with Gasteiger partial charge in [0.25, 0.3) is 10.0 Å². The van der Waals surface area contributed by atoms with Gasteiger partial charge in [-0.2, -0.15) is 0 Å². The Kier molecular flexibility index (Phi) is 11.4. The zero-order valence-electron chi connectivity index (χ0n) is 27.7. The third kappa shape index (κ3) is 8.36. The Balaban J connectivity index is 1.60. The van der Waals surface area contributed by atoms with Crippen molar-refractivity contribution in [1.82, 2.24) is 10.2 Å². The Morgan fingerprint density at radius 3 is 2.06 bits per heavy atom. The van der Waals surface area contributed by atoms with Crippen LogP contribution in [0, 0.1) is 6.92 Å². The quantitative estimate of drug-likeness (QED) is 0.179. The molecule has 9 nitrogen and oxygen atoms in total. The summed E-state index contributed by atoms with van der Waals surface area (Å²) in [4.78, 5) is 30.4. The van der Waals surface area contributed by atoms with Crippen LogP contribution in [0.2, 0.25) is 0 Å². The van der Waals surface area contributed by atoms with Gasteiger partial charge < -0.3 is 19.7 Å². The number of hydrogen-bond acceptors (Lipinski definition) is 6. The first-order chi connectivity index (χ1) is 23.2. The third-order valence-corrected chi connectivity index (χ3v) is 10.5. The molecular weight excluding hydrogens is 627 g/mol. The first-order valence-electron chi connectivity index (χ1n) is 16.2. The van der Waals surface area contributed by atoms with E-state index in [1.54, 1.807) is 24.3 Å². The van der Waals surface area contributed by atoms with Gasteiger partial charge in [0.1, 0.15) is 24.1 Å². The maximum atomic E-state index is 14.8. The molecule has 5 rings (SSSR count).